The van der Waals surface area contributed by atoms with Crippen molar-refractivity contribution >= 4 is 5.91 Å². The van der Waals surface area contributed by atoms with Gasteiger partial charge in [0.25, 0.3) is 5.91 Å². The number of nitrogens with zero attached hydrogens (tertiary/aromatic N) is 4. The SMILES string of the molecule is CC(C)N(CCO)C(=O)c1cnn(-c2ccccc2)n1. The molecule has 106 valence electrons. The molecule has 0 atom stereocenters. The number of aliphatic hydroxyl groups is 1. The Morgan fingerprint density at radius 2 is 2.05 bits per heavy atom. The lowest BCUT2D eigenvalue weighted by Crippen LogP contribution is -2.39. The third kappa shape index (κ3) is 3.03. The number of carbonyl (C=O) groups is 1. The average molecular weight is 274 g/mol. The highest BCUT2D eigenvalue weighted by Crippen LogP contribution is 2.08. The van der Waals surface area contributed by atoms with Crippen molar-refractivity contribution in [2.24, 2.45) is 0 Å². The third-order valence-corrected chi connectivity index (χ3v) is 2.92. The first-order valence-electron chi connectivity index (χ1n) is 6.53. The molecule has 1 heterocycles. The Bertz CT molecular complexity index is 566. The molecule has 0 saturated heterocycles. The van der Waals surface area contributed by atoms with Crippen LogP contribution in [0, 0.1) is 0 Å². The fourth-order valence-electron chi connectivity index (χ4n) is 1.90. The molecule has 6 heteroatoms. The maximum Gasteiger partial charge on any atom is 0.276 e. The molecule has 2 aromatic rings. The average Bonchev–Trinajstić information content (AvgIpc) is 2.94. The van der Waals surface area contributed by atoms with Crippen LogP contribution in [0.5, 0.6) is 0 Å². The Morgan fingerprint density at radius 1 is 1.35 bits per heavy atom. The molecule has 1 aromatic carbocycles. The van der Waals surface area contributed by atoms with Crippen LogP contribution < -0.4 is 0 Å². The van der Waals surface area contributed by atoms with E-state index in [1.165, 1.54) is 11.0 Å². The molecule has 0 aliphatic heterocycles. The lowest BCUT2D eigenvalue weighted by atomic mass is 10.3. The van der Waals surface area contributed by atoms with Gasteiger partial charge in [0, 0.05) is 12.6 Å². The topological polar surface area (TPSA) is 71.2 Å². The molecule has 0 fully saturated rings. The van der Waals surface area contributed by atoms with Crippen LogP contribution in [0.3, 0.4) is 0 Å². The van der Waals surface area contributed by atoms with Gasteiger partial charge in [0.1, 0.15) is 0 Å². The van der Waals surface area contributed by atoms with Gasteiger partial charge in [-0.15, -0.1) is 5.10 Å². The first kappa shape index (κ1) is 14.2. The lowest BCUT2D eigenvalue weighted by molar-refractivity contribution is 0.0659. The minimum atomic E-state index is -0.226. The summed E-state index contributed by atoms with van der Waals surface area (Å²) in [4.78, 5) is 15.3. The molecule has 0 unspecified atom stereocenters. The highest BCUT2D eigenvalue weighted by Gasteiger charge is 2.21. The summed E-state index contributed by atoms with van der Waals surface area (Å²) in [5.74, 6) is -0.226. The van der Waals surface area contributed by atoms with E-state index in [1.807, 2.05) is 44.2 Å². The van der Waals surface area contributed by atoms with Crippen LogP contribution in [0.1, 0.15) is 24.3 Å². The Kier molecular flexibility index (Phi) is 4.47. The van der Waals surface area contributed by atoms with Crippen molar-refractivity contribution in [1.29, 1.82) is 0 Å². The minimum absolute atomic E-state index is 0.00322. The second kappa shape index (κ2) is 6.29. The predicted octanol–water partition coefficient (Wildman–Crippen LogP) is 1.11. The Balaban J connectivity index is 2.22. The van der Waals surface area contributed by atoms with Crippen LogP contribution in [0.15, 0.2) is 36.5 Å². The Morgan fingerprint density at radius 3 is 2.65 bits per heavy atom. The van der Waals surface area contributed by atoms with E-state index in [0.29, 0.717) is 0 Å². The summed E-state index contributed by atoms with van der Waals surface area (Å²) in [5, 5.41) is 17.3. The molecule has 1 N–H and O–H groups in total. The Hall–Kier alpha value is -2.21. The summed E-state index contributed by atoms with van der Waals surface area (Å²) >= 11 is 0. The molecule has 1 amide bonds. The minimum Gasteiger partial charge on any atom is -0.395 e. The molecule has 0 bridgehead atoms. The quantitative estimate of drug-likeness (QED) is 0.886. The zero-order valence-electron chi connectivity index (χ0n) is 11.6. The normalized spacial score (nSPS) is 10.8. The fourth-order valence-corrected chi connectivity index (χ4v) is 1.90. The molecule has 0 aliphatic carbocycles. The number of para-hydroxylation sites is 1. The van der Waals surface area contributed by atoms with Crippen molar-refractivity contribution in [2.45, 2.75) is 19.9 Å². The van der Waals surface area contributed by atoms with Crippen molar-refractivity contribution in [1.82, 2.24) is 19.9 Å². The molecule has 1 aromatic heterocycles. The highest BCUT2D eigenvalue weighted by atomic mass is 16.3. The lowest BCUT2D eigenvalue weighted by Gasteiger charge is -2.24. The summed E-state index contributed by atoms with van der Waals surface area (Å²) in [7, 11) is 0. The second-order valence-electron chi connectivity index (χ2n) is 4.67. The summed E-state index contributed by atoms with van der Waals surface area (Å²) in [6.07, 6.45) is 1.45. The maximum absolute atomic E-state index is 12.3. The van der Waals surface area contributed by atoms with Gasteiger partial charge < -0.3 is 10.0 Å². The number of carbonyl (C=O) groups excluding carboxylic acids is 1. The summed E-state index contributed by atoms with van der Waals surface area (Å²) in [6.45, 7) is 4.01. The number of hydrogen-bond donors (Lipinski definition) is 1. The first-order valence-corrected chi connectivity index (χ1v) is 6.53. The van der Waals surface area contributed by atoms with E-state index >= 15 is 0 Å². The van der Waals surface area contributed by atoms with Crippen LogP contribution in [0.4, 0.5) is 0 Å². The van der Waals surface area contributed by atoms with Crippen molar-refractivity contribution in [2.75, 3.05) is 13.2 Å². The molecular weight excluding hydrogens is 256 g/mol. The highest BCUT2D eigenvalue weighted by molar-refractivity contribution is 5.92. The van der Waals surface area contributed by atoms with Crippen LogP contribution >= 0.6 is 0 Å². The molecule has 20 heavy (non-hydrogen) atoms. The molecule has 0 radical (unpaired) electrons. The van der Waals surface area contributed by atoms with Crippen LogP contribution in [0.2, 0.25) is 0 Å². The van der Waals surface area contributed by atoms with Crippen LogP contribution in [-0.2, 0) is 0 Å². The standard InChI is InChI=1S/C14H18N4O2/c1-11(2)17(8-9-19)14(20)13-10-15-18(16-13)12-6-4-3-5-7-12/h3-7,10-11,19H,8-9H2,1-2H3. The number of amides is 1. The third-order valence-electron chi connectivity index (χ3n) is 2.92. The largest absolute Gasteiger partial charge is 0.395 e. The van der Waals surface area contributed by atoms with Crippen molar-refractivity contribution in [3.8, 4) is 5.69 Å². The van der Waals surface area contributed by atoms with Gasteiger partial charge in [-0.1, -0.05) is 18.2 Å². The van der Waals surface area contributed by atoms with Gasteiger partial charge >= 0.3 is 0 Å². The monoisotopic (exact) mass is 274 g/mol. The summed E-state index contributed by atoms with van der Waals surface area (Å²) in [5.41, 5.74) is 1.07. The van der Waals surface area contributed by atoms with Gasteiger partial charge in [0.15, 0.2) is 5.69 Å². The number of aliphatic hydroxyl groups excluding tert-OH is 1. The van der Waals surface area contributed by atoms with Gasteiger partial charge in [-0.2, -0.15) is 9.90 Å². The van der Waals surface area contributed by atoms with Gasteiger partial charge in [-0.3, -0.25) is 4.79 Å². The molecule has 0 aliphatic rings. The molecule has 2 rings (SSSR count). The Labute approximate surface area is 117 Å². The van der Waals surface area contributed by atoms with Gasteiger partial charge in [0.2, 0.25) is 0 Å². The van der Waals surface area contributed by atoms with E-state index in [2.05, 4.69) is 10.2 Å². The van der Waals surface area contributed by atoms with Crippen LogP contribution in [-0.4, -0.2) is 50.1 Å². The maximum atomic E-state index is 12.3. The van der Waals surface area contributed by atoms with Gasteiger partial charge in [0.05, 0.1) is 18.5 Å². The van der Waals surface area contributed by atoms with Crippen LogP contribution in [0.25, 0.3) is 5.69 Å². The van der Waals surface area contributed by atoms with Gasteiger partial charge in [-0.05, 0) is 26.0 Å². The number of benzene rings is 1. The van der Waals surface area contributed by atoms with E-state index in [0.717, 1.165) is 5.69 Å². The second-order valence-corrected chi connectivity index (χ2v) is 4.67. The smallest absolute Gasteiger partial charge is 0.276 e. The van der Waals surface area contributed by atoms with Crippen molar-refractivity contribution in [3.05, 3.63) is 42.2 Å². The molecule has 0 saturated carbocycles. The van der Waals surface area contributed by atoms with E-state index in [4.69, 9.17) is 5.11 Å². The summed E-state index contributed by atoms with van der Waals surface area (Å²) < 4.78 is 0. The molecule has 6 nitrogen and oxygen atoms in total. The van der Waals surface area contributed by atoms with E-state index in [-0.39, 0.29) is 30.8 Å². The van der Waals surface area contributed by atoms with E-state index in [9.17, 15) is 4.79 Å². The summed E-state index contributed by atoms with van der Waals surface area (Å²) in [6, 6.07) is 9.39. The molecular formula is C14H18N4O2. The predicted molar refractivity (Wildman–Crippen MR) is 74.6 cm³/mol. The fraction of sp³-hybridized carbons (Fsp3) is 0.357. The van der Waals surface area contributed by atoms with E-state index < -0.39 is 0 Å². The molecule has 0 spiro atoms. The number of rotatable bonds is 5. The first-order chi connectivity index (χ1) is 9.63. The zero-order valence-corrected chi connectivity index (χ0v) is 11.6. The van der Waals surface area contributed by atoms with Gasteiger partial charge in [-0.25, -0.2) is 0 Å². The van der Waals surface area contributed by atoms with Crippen molar-refractivity contribution in [3.63, 3.8) is 0 Å². The number of hydrogen-bond acceptors (Lipinski definition) is 4. The van der Waals surface area contributed by atoms with E-state index in [1.54, 1.807) is 4.90 Å². The zero-order chi connectivity index (χ0) is 14.5. The van der Waals surface area contributed by atoms with Crippen molar-refractivity contribution < 1.29 is 9.90 Å². The number of aromatic nitrogens is 3.